The van der Waals surface area contributed by atoms with Gasteiger partial charge in [-0.25, -0.2) is 18.4 Å². The van der Waals surface area contributed by atoms with Crippen molar-refractivity contribution in [2.24, 2.45) is 0 Å². The van der Waals surface area contributed by atoms with Crippen LogP contribution < -0.4 is 4.72 Å². The van der Waals surface area contributed by atoms with Crippen LogP contribution in [0.4, 0.5) is 10.1 Å². The second kappa shape index (κ2) is 8.05. The lowest BCUT2D eigenvalue weighted by Gasteiger charge is -2.23. The maximum absolute atomic E-state index is 13.2. The number of carbonyl (C=O) groups is 1. The predicted octanol–water partition coefficient (Wildman–Crippen LogP) is 2.24. The minimum Gasteiger partial charge on any atom is -0.463 e. The van der Waals surface area contributed by atoms with E-state index in [1.807, 2.05) is 0 Å². The first kappa shape index (κ1) is 19.9. The average molecular weight is 407 g/mol. The molecule has 0 fully saturated rings. The molecule has 0 aliphatic carbocycles. The fourth-order valence-electron chi connectivity index (χ4n) is 2.77. The molecule has 0 spiro atoms. The molecule has 4 N–H and O–H groups in total. The molecule has 28 heavy (non-hydrogen) atoms. The Bertz CT molecular complexity index is 1020. The summed E-state index contributed by atoms with van der Waals surface area (Å²) in [7, 11) is 0. The number of anilines is 1. The fraction of sp³-hybridized carbons (Fsp3) is 0.222. The molecule has 0 radical (unpaired) electrons. The number of nitrogens with one attached hydrogen (secondary N) is 2. The van der Waals surface area contributed by atoms with Crippen LogP contribution in [0.25, 0.3) is 11.0 Å². The molecule has 0 aliphatic rings. The van der Waals surface area contributed by atoms with Gasteiger partial charge in [0.25, 0.3) is 11.3 Å². The van der Waals surface area contributed by atoms with Crippen molar-refractivity contribution in [3.63, 3.8) is 0 Å². The van der Waals surface area contributed by atoms with E-state index in [0.717, 1.165) is 0 Å². The van der Waals surface area contributed by atoms with E-state index < -0.39 is 28.7 Å². The van der Waals surface area contributed by atoms with Gasteiger partial charge in [-0.15, -0.1) is 0 Å². The number of benzene rings is 2. The third-order valence-corrected chi connectivity index (χ3v) is 4.48. The number of H-pyrrole nitrogens is 1. The first-order valence-corrected chi connectivity index (χ1v) is 9.44. The highest BCUT2D eigenvalue weighted by molar-refractivity contribution is 7.80. The molecule has 2 atom stereocenters. The molecule has 148 valence electrons. The van der Waals surface area contributed by atoms with Crippen LogP contribution in [0.15, 0.2) is 42.5 Å². The molecule has 0 aliphatic heterocycles. The van der Waals surface area contributed by atoms with Gasteiger partial charge in [0.05, 0.1) is 23.3 Å². The van der Waals surface area contributed by atoms with E-state index in [4.69, 9.17) is 9.29 Å². The van der Waals surface area contributed by atoms with Crippen molar-refractivity contribution >= 4 is 34.0 Å². The van der Waals surface area contributed by atoms with Crippen LogP contribution in [0.1, 0.15) is 18.3 Å². The number of ether oxygens (including phenoxy) is 1. The lowest BCUT2D eigenvalue weighted by molar-refractivity contribution is -0.167. The highest BCUT2D eigenvalue weighted by Gasteiger charge is 2.43. The van der Waals surface area contributed by atoms with Crippen LogP contribution in [0.3, 0.4) is 0 Å². The molecule has 1 heterocycles. The Morgan fingerprint density at radius 1 is 1.32 bits per heavy atom. The smallest absolute Gasteiger partial charge is 0.346 e. The summed E-state index contributed by atoms with van der Waals surface area (Å²) in [6.45, 7) is 1.67. The quantitative estimate of drug-likeness (QED) is 0.352. The molecule has 2 unspecified atom stereocenters. The van der Waals surface area contributed by atoms with Crippen molar-refractivity contribution in [3.8, 4) is 0 Å². The first-order valence-electron chi connectivity index (χ1n) is 8.33. The highest BCUT2D eigenvalue weighted by atomic mass is 32.2. The normalized spacial score (nSPS) is 14.4. The number of imidazole rings is 1. The number of hydrogen-bond acceptors (Lipinski definition) is 5. The number of carbonyl (C=O) groups excluding carboxylic acids is 1. The number of halogens is 1. The standard InChI is InChI=1S/C18H18FN3O5S/c1-2-27-17(23)18(24,10-11-3-5-12(19)6-4-11)16-20-14-8-7-13(22-28(25)26)9-15(14)21-16/h3-9,22,24H,2,10H2,1H3,(H,20,21)(H,25,26). The van der Waals surface area contributed by atoms with E-state index in [2.05, 4.69) is 14.7 Å². The third kappa shape index (κ3) is 4.19. The molecule has 0 amide bonds. The number of aliphatic hydroxyl groups is 1. The Labute approximate surface area is 162 Å². The summed E-state index contributed by atoms with van der Waals surface area (Å²) in [6.07, 6.45) is -0.183. The Morgan fingerprint density at radius 3 is 2.68 bits per heavy atom. The lowest BCUT2D eigenvalue weighted by Crippen LogP contribution is -2.40. The second-order valence-electron chi connectivity index (χ2n) is 6.05. The van der Waals surface area contributed by atoms with E-state index in [-0.39, 0.29) is 18.9 Å². The Morgan fingerprint density at radius 2 is 2.04 bits per heavy atom. The molecule has 0 saturated carbocycles. The van der Waals surface area contributed by atoms with Crippen molar-refractivity contribution in [2.75, 3.05) is 11.3 Å². The van der Waals surface area contributed by atoms with Gasteiger partial charge in [0, 0.05) is 6.42 Å². The van der Waals surface area contributed by atoms with Gasteiger partial charge in [-0.05, 0) is 42.8 Å². The molecule has 1 aromatic heterocycles. The highest BCUT2D eigenvalue weighted by Crippen LogP contribution is 2.28. The van der Waals surface area contributed by atoms with Gasteiger partial charge in [-0.2, -0.15) is 0 Å². The number of fused-ring (bicyclic) bond motifs is 1. The van der Waals surface area contributed by atoms with E-state index in [0.29, 0.717) is 22.3 Å². The van der Waals surface area contributed by atoms with Gasteiger partial charge < -0.3 is 14.8 Å². The van der Waals surface area contributed by atoms with Crippen LogP contribution in [0.2, 0.25) is 0 Å². The number of nitrogens with zero attached hydrogens (tertiary/aromatic N) is 1. The summed E-state index contributed by atoms with van der Waals surface area (Å²) >= 11 is -2.25. The van der Waals surface area contributed by atoms with Crippen LogP contribution >= 0.6 is 0 Å². The first-order chi connectivity index (χ1) is 13.3. The number of esters is 1. The minimum absolute atomic E-state index is 0.0486. The van der Waals surface area contributed by atoms with Crippen molar-refractivity contribution < 1.29 is 27.8 Å². The summed E-state index contributed by atoms with van der Waals surface area (Å²) in [5.74, 6) is -1.38. The average Bonchev–Trinajstić information content (AvgIpc) is 3.07. The zero-order chi connectivity index (χ0) is 20.3. The fourth-order valence-corrected chi connectivity index (χ4v) is 3.10. The van der Waals surface area contributed by atoms with Crippen LogP contribution in [-0.2, 0) is 32.8 Å². The number of aromatic nitrogens is 2. The van der Waals surface area contributed by atoms with Crippen molar-refractivity contribution in [1.82, 2.24) is 9.97 Å². The molecule has 10 heteroatoms. The van der Waals surface area contributed by atoms with Crippen molar-refractivity contribution in [1.29, 1.82) is 0 Å². The summed E-state index contributed by atoms with van der Waals surface area (Å²) in [5, 5.41) is 11.2. The summed E-state index contributed by atoms with van der Waals surface area (Å²) in [4.78, 5) is 19.7. The molecular weight excluding hydrogens is 389 g/mol. The van der Waals surface area contributed by atoms with Crippen LogP contribution in [0, 0.1) is 5.82 Å². The third-order valence-electron chi connectivity index (χ3n) is 4.07. The molecule has 2 aromatic carbocycles. The zero-order valence-corrected chi connectivity index (χ0v) is 15.6. The summed E-state index contributed by atoms with van der Waals surface area (Å²) < 4.78 is 40.4. The second-order valence-corrected chi connectivity index (χ2v) is 6.75. The molecule has 0 bridgehead atoms. The van der Waals surface area contributed by atoms with Crippen molar-refractivity contribution in [3.05, 3.63) is 59.7 Å². The number of rotatable bonds is 7. The topological polar surface area (TPSA) is 125 Å². The van der Waals surface area contributed by atoms with E-state index in [9.17, 15) is 18.5 Å². The van der Waals surface area contributed by atoms with Gasteiger partial charge in [0.2, 0.25) is 5.60 Å². The van der Waals surface area contributed by atoms with Gasteiger partial charge in [0.15, 0.2) is 5.82 Å². The maximum atomic E-state index is 13.2. The van der Waals surface area contributed by atoms with E-state index >= 15 is 0 Å². The van der Waals surface area contributed by atoms with Gasteiger partial charge in [-0.1, -0.05) is 12.1 Å². The van der Waals surface area contributed by atoms with Crippen LogP contribution in [0.5, 0.6) is 0 Å². The molecule has 3 rings (SSSR count). The predicted molar refractivity (Wildman–Crippen MR) is 101 cm³/mol. The molecule has 0 saturated heterocycles. The van der Waals surface area contributed by atoms with Crippen molar-refractivity contribution in [2.45, 2.75) is 18.9 Å². The van der Waals surface area contributed by atoms with Gasteiger partial charge >= 0.3 is 5.97 Å². The summed E-state index contributed by atoms with van der Waals surface area (Å²) in [6, 6.07) is 9.99. The Hall–Kier alpha value is -2.82. The van der Waals surface area contributed by atoms with Crippen LogP contribution in [-0.4, -0.2) is 36.4 Å². The molecular formula is C18H18FN3O5S. The van der Waals surface area contributed by atoms with E-state index in [1.165, 1.54) is 36.4 Å². The van der Waals surface area contributed by atoms with Gasteiger partial charge in [-0.3, -0.25) is 9.27 Å². The van der Waals surface area contributed by atoms with E-state index in [1.54, 1.807) is 13.0 Å². The minimum atomic E-state index is -2.25. The maximum Gasteiger partial charge on any atom is 0.346 e. The SMILES string of the molecule is CCOC(=O)C(O)(Cc1ccc(F)cc1)c1nc2ccc(NS(=O)O)cc2[nH]1. The number of aromatic amines is 1. The number of hydrogen-bond donors (Lipinski definition) is 4. The molecule has 3 aromatic rings. The zero-order valence-electron chi connectivity index (χ0n) is 14.8. The monoisotopic (exact) mass is 407 g/mol. The van der Waals surface area contributed by atoms with Gasteiger partial charge in [0.1, 0.15) is 5.82 Å². The summed E-state index contributed by atoms with van der Waals surface area (Å²) in [5.41, 5.74) is -0.393. The Kier molecular flexibility index (Phi) is 5.73. The Balaban J connectivity index is 2.02. The largest absolute Gasteiger partial charge is 0.463 e. The lowest BCUT2D eigenvalue weighted by atomic mass is 9.93. The molecule has 8 nitrogen and oxygen atoms in total.